The number of epoxide rings is 1. The van der Waals surface area contributed by atoms with E-state index in [0.717, 1.165) is 41.1 Å². The number of carbonyl (C=O) groups excluding carboxylic acids is 1. The summed E-state index contributed by atoms with van der Waals surface area (Å²) in [6.45, 7) is 6.91. The molecule has 3 aromatic heterocycles. The largest absolute Gasteiger partial charge is 0.507 e. The lowest BCUT2D eigenvalue weighted by molar-refractivity contribution is -0.848. The van der Waals surface area contributed by atoms with E-state index in [1.54, 1.807) is 13.0 Å². The predicted molar refractivity (Wildman–Crippen MR) is 208 cm³/mol. The molecular weight excluding hydrogens is 713 g/mol. The van der Waals surface area contributed by atoms with Crippen LogP contribution in [0, 0.1) is 18.8 Å². The van der Waals surface area contributed by atoms with E-state index in [4.69, 9.17) is 30.1 Å². The summed E-state index contributed by atoms with van der Waals surface area (Å²) in [5, 5.41) is 11.8. The lowest BCUT2D eigenvalue weighted by Crippen LogP contribution is -3.05. The molecule has 1 unspecified atom stereocenters. The van der Waals surface area contributed by atoms with Crippen molar-refractivity contribution in [1.82, 2.24) is 9.97 Å². The van der Waals surface area contributed by atoms with E-state index in [0.29, 0.717) is 60.2 Å². The molecule has 13 nitrogen and oxygen atoms in total. The van der Waals surface area contributed by atoms with Crippen LogP contribution < -0.4 is 26.5 Å². The fraction of sp³-hybridized carbons (Fsp3) is 0.372. The average Bonchev–Trinajstić information content (AvgIpc) is 3.48. The van der Waals surface area contributed by atoms with Crippen molar-refractivity contribution in [2.75, 3.05) is 18.0 Å². The number of rotatable bonds is 6. The molecule has 286 valence electrons. The number of ether oxygens (including phenoxy) is 3. The van der Waals surface area contributed by atoms with Crippen molar-refractivity contribution in [2.45, 2.75) is 82.3 Å². The highest BCUT2D eigenvalue weighted by Crippen LogP contribution is 2.58. The number of nitrogens with one attached hydrogen (secondary N) is 1. The molecule has 1 aliphatic carbocycles. The molecule has 11 rings (SSSR count). The van der Waals surface area contributed by atoms with Crippen molar-refractivity contribution in [1.29, 1.82) is 0 Å². The number of aliphatic imine (C=N–C) groups is 1. The van der Waals surface area contributed by atoms with Crippen LogP contribution in [0.1, 0.15) is 61.6 Å². The van der Waals surface area contributed by atoms with Gasteiger partial charge in [-0.1, -0.05) is 12.2 Å². The van der Waals surface area contributed by atoms with Crippen molar-refractivity contribution < 1.29 is 33.4 Å². The molecule has 9 heterocycles. The second kappa shape index (κ2) is 12.4. The summed E-state index contributed by atoms with van der Waals surface area (Å²) in [6, 6.07) is 10.7. The Morgan fingerprint density at radius 1 is 1.02 bits per heavy atom. The lowest BCUT2D eigenvalue weighted by Gasteiger charge is -2.46. The molecule has 1 spiro atoms. The van der Waals surface area contributed by atoms with Crippen LogP contribution in [0.25, 0.3) is 22.2 Å². The number of aromatic hydroxyl groups is 1. The Bertz CT molecular complexity index is 2560. The van der Waals surface area contributed by atoms with Crippen LogP contribution in [0.15, 0.2) is 86.8 Å². The van der Waals surface area contributed by atoms with Crippen molar-refractivity contribution in [3.8, 4) is 22.8 Å². The SMILES string of the molecule is Cc1cc(=O)c2c(O)c3c(cc2o1)OC(C)(C)[C@@H]1OC(=O)[C@@]2(O[C@@H]2CCc2cc(N)nc(-c4cc(N)nc(C[NH+]5C=C6C=CN=C6C5)c4)c2)[C@@H]2C=C[C@H](CC2)[C@@H]31. The molecule has 2 fully saturated rings. The van der Waals surface area contributed by atoms with E-state index in [1.165, 1.54) is 11.0 Å². The standard InChI is InChI=1S/C43H42N6O7/c1-21-12-30(50)37-31(53-21)17-32-38(39(37)51)36-23-5-7-26(8-6-23)43(41(52)54-40(36)42(2,3)55-32)33(56-43)9-4-22-13-28(48-34(44)14-22)25-15-27(47-35(45)16-25)19-49-18-24-10-11-46-29(24)20-49/h5,7,10-18,23,26,33,36,40,51H,4,6,8-9,19-20H2,1-3H3,(H2,44,48)(H2,45,47)/p+1/t23-,26-,33-,36+,40-,43-/m1/s1. The van der Waals surface area contributed by atoms with E-state index in [1.807, 2.05) is 50.4 Å². The van der Waals surface area contributed by atoms with Crippen molar-refractivity contribution in [3.63, 3.8) is 0 Å². The maximum atomic E-state index is 14.5. The van der Waals surface area contributed by atoms with Gasteiger partial charge in [0.25, 0.3) is 0 Å². The molecule has 0 amide bonds. The highest BCUT2D eigenvalue weighted by atomic mass is 16.7. The zero-order chi connectivity index (χ0) is 38.7. The fourth-order valence-corrected chi connectivity index (χ4v) is 9.78. The predicted octanol–water partition coefficient (Wildman–Crippen LogP) is 4.21. The number of nitrogen functional groups attached to an aromatic ring is 2. The van der Waals surface area contributed by atoms with Gasteiger partial charge in [0.05, 0.1) is 23.1 Å². The fourth-order valence-electron chi connectivity index (χ4n) is 9.78. The number of aromatic nitrogens is 2. The summed E-state index contributed by atoms with van der Waals surface area (Å²) in [6.07, 6.45) is 11.6. The molecule has 0 saturated carbocycles. The van der Waals surface area contributed by atoms with Crippen LogP contribution in [0.3, 0.4) is 0 Å². The van der Waals surface area contributed by atoms with Crippen molar-refractivity contribution in [2.24, 2.45) is 16.8 Å². The monoisotopic (exact) mass is 755 g/mol. The van der Waals surface area contributed by atoms with Crippen molar-refractivity contribution >= 4 is 34.3 Å². The molecule has 7 aliphatic rings. The van der Waals surface area contributed by atoms with Crippen LogP contribution >= 0.6 is 0 Å². The van der Waals surface area contributed by atoms with Crippen LogP contribution in [0.5, 0.6) is 11.5 Å². The number of esters is 1. The first-order chi connectivity index (χ1) is 26.9. The van der Waals surface area contributed by atoms with Gasteiger partial charge in [-0.15, -0.1) is 0 Å². The molecule has 0 radical (unpaired) electrons. The Labute approximate surface area is 322 Å². The van der Waals surface area contributed by atoms with E-state index < -0.39 is 29.2 Å². The van der Waals surface area contributed by atoms with E-state index >= 15 is 0 Å². The van der Waals surface area contributed by atoms with Crippen LogP contribution in [-0.2, 0) is 27.2 Å². The van der Waals surface area contributed by atoms with Gasteiger partial charge in [0, 0.05) is 41.3 Å². The van der Waals surface area contributed by atoms with Gasteiger partial charge in [0.2, 0.25) is 0 Å². The molecular formula is C43H43N6O7+. The van der Waals surface area contributed by atoms with Gasteiger partial charge in [-0.2, -0.15) is 0 Å². The lowest BCUT2D eigenvalue weighted by atomic mass is 9.69. The minimum Gasteiger partial charge on any atom is -0.507 e. The number of nitrogens with two attached hydrogens (primary N) is 2. The molecule has 6 aliphatic heterocycles. The minimum absolute atomic E-state index is 0.0832. The number of carbonyl (C=O) groups is 1. The smallest absolute Gasteiger partial charge is 0.342 e. The number of anilines is 2. The molecule has 56 heavy (non-hydrogen) atoms. The normalized spacial score (nSPS) is 29.1. The number of fused-ring (bicyclic) bond motifs is 5. The maximum absolute atomic E-state index is 14.5. The quantitative estimate of drug-likeness (QED) is 0.125. The third-order valence-corrected chi connectivity index (χ3v) is 12.3. The van der Waals surface area contributed by atoms with Crippen LogP contribution in [0.2, 0.25) is 0 Å². The summed E-state index contributed by atoms with van der Waals surface area (Å²) in [5.74, 6) is 0.261. The number of phenols is 1. The molecule has 13 heteroatoms. The first-order valence-electron chi connectivity index (χ1n) is 19.3. The van der Waals surface area contributed by atoms with Gasteiger partial charge in [0.1, 0.15) is 76.6 Å². The average molecular weight is 756 g/mol. The number of pyridine rings is 2. The highest BCUT2D eigenvalue weighted by Gasteiger charge is 2.69. The Kier molecular flexibility index (Phi) is 7.65. The number of hydrogen-bond donors (Lipinski definition) is 4. The maximum Gasteiger partial charge on any atom is 0.342 e. The number of phenolic OH excluding ortho intramolecular Hbond substituents is 1. The molecule has 4 aromatic rings. The number of nitrogens with zero attached hydrogens (tertiary/aromatic N) is 3. The van der Waals surface area contributed by atoms with E-state index in [9.17, 15) is 14.7 Å². The third-order valence-electron chi connectivity index (χ3n) is 12.3. The first kappa shape index (κ1) is 34.7. The summed E-state index contributed by atoms with van der Waals surface area (Å²) >= 11 is 0. The number of allylic oxidation sites excluding steroid dienone is 2. The molecule has 2 bridgehead atoms. The second-order valence-corrected chi connectivity index (χ2v) is 16.5. The number of benzene rings is 1. The minimum atomic E-state index is -1.15. The van der Waals surface area contributed by atoms with Gasteiger partial charge in [-0.25, -0.2) is 14.8 Å². The Morgan fingerprint density at radius 2 is 1.86 bits per heavy atom. The Morgan fingerprint density at radius 3 is 2.66 bits per heavy atom. The molecule has 1 aromatic carbocycles. The van der Waals surface area contributed by atoms with Gasteiger partial charge >= 0.3 is 5.97 Å². The van der Waals surface area contributed by atoms with Gasteiger partial charge in [-0.3, -0.25) is 14.7 Å². The second-order valence-electron chi connectivity index (χ2n) is 16.5. The van der Waals surface area contributed by atoms with Crippen molar-refractivity contribution in [3.05, 3.63) is 105 Å². The molecule has 7 atom stereocenters. The number of hydrogen-bond acceptors (Lipinski definition) is 12. The van der Waals surface area contributed by atoms with Gasteiger partial charge in [0.15, 0.2) is 11.0 Å². The summed E-state index contributed by atoms with van der Waals surface area (Å²) < 4.78 is 25.2. The topological polar surface area (TPSA) is 193 Å². The van der Waals surface area contributed by atoms with Gasteiger partial charge < -0.3 is 35.2 Å². The third kappa shape index (κ3) is 5.54. The van der Waals surface area contributed by atoms with Crippen LogP contribution in [0.4, 0.5) is 11.6 Å². The summed E-state index contributed by atoms with van der Waals surface area (Å²) in [7, 11) is 0. The molecule has 6 N–H and O–H groups in total. The number of quaternary nitrogens is 1. The van der Waals surface area contributed by atoms with Crippen LogP contribution in [-0.4, -0.2) is 56.7 Å². The molecule has 2 saturated heterocycles. The van der Waals surface area contributed by atoms with E-state index in [-0.39, 0.29) is 40.1 Å². The number of aryl methyl sites for hydroxylation is 2. The summed E-state index contributed by atoms with van der Waals surface area (Å²) in [5.41, 5.74) is 16.5. The Balaban J connectivity index is 0.903. The zero-order valence-electron chi connectivity index (χ0n) is 31.4. The summed E-state index contributed by atoms with van der Waals surface area (Å²) in [4.78, 5) is 42.5. The van der Waals surface area contributed by atoms with E-state index in [2.05, 4.69) is 33.3 Å². The highest BCUT2D eigenvalue weighted by molar-refractivity contribution is 6.06. The van der Waals surface area contributed by atoms with Gasteiger partial charge in [-0.05, 0) is 88.3 Å². The Hall–Kier alpha value is -5.79. The zero-order valence-corrected chi connectivity index (χ0v) is 31.4. The first-order valence-corrected chi connectivity index (χ1v) is 19.3.